The third-order valence-corrected chi connectivity index (χ3v) is 3.34. The minimum atomic E-state index is -0.0823. The molecule has 1 aliphatic rings. The molecule has 0 bridgehead atoms. The fraction of sp³-hybridized carbons (Fsp3) is 0.909. The fourth-order valence-electron chi connectivity index (χ4n) is 1.75. The Kier molecular flexibility index (Phi) is 4.70. The van der Waals surface area contributed by atoms with Crippen LogP contribution in [0.2, 0.25) is 0 Å². The first-order valence-electron chi connectivity index (χ1n) is 5.60. The quantitative estimate of drug-likeness (QED) is 0.624. The van der Waals surface area contributed by atoms with Crippen molar-refractivity contribution in [2.75, 3.05) is 26.9 Å². The van der Waals surface area contributed by atoms with Crippen molar-refractivity contribution in [3.63, 3.8) is 0 Å². The molecule has 1 aliphatic carbocycles. The Labute approximate surface area is 96.7 Å². The summed E-state index contributed by atoms with van der Waals surface area (Å²) in [5.74, 6) is -0.0823. The summed E-state index contributed by atoms with van der Waals surface area (Å²) < 4.78 is 9.94. The molecule has 0 spiro atoms. The molecular formula is C11H22N2O3. The van der Waals surface area contributed by atoms with Gasteiger partial charge in [-0.05, 0) is 6.42 Å². The van der Waals surface area contributed by atoms with E-state index in [9.17, 15) is 4.79 Å². The van der Waals surface area contributed by atoms with Crippen LogP contribution in [0.4, 0.5) is 0 Å². The van der Waals surface area contributed by atoms with E-state index in [2.05, 4.69) is 19.2 Å². The van der Waals surface area contributed by atoms with Crippen molar-refractivity contribution in [1.29, 1.82) is 0 Å². The first kappa shape index (κ1) is 13.4. The zero-order valence-electron chi connectivity index (χ0n) is 10.3. The lowest BCUT2D eigenvalue weighted by molar-refractivity contribution is -0.129. The molecule has 94 valence electrons. The molecule has 0 aromatic rings. The molecule has 0 heterocycles. The van der Waals surface area contributed by atoms with Gasteiger partial charge in [-0.3, -0.25) is 4.79 Å². The van der Waals surface area contributed by atoms with E-state index in [0.29, 0.717) is 13.2 Å². The highest BCUT2D eigenvalue weighted by Crippen LogP contribution is 2.38. The zero-order chi connectivity index (χ0) is 12.2. The Morgan fingerprint density at radius 2 is 2.19 bits per heavy atom. The summed E-state index contributed by atoms with van der Waals surface area (Å²) >= 11 is 0. The predicted octanol–water partition coefficient (Wildman–Crippen LogP) is -0.109. The Morgan fingerprint density at radius 1 is 1.50 bits per heavy atom. The molecule has 5 heteroatoms. The molecule has 3 N–H and O–H groups in total. The van der Waals surface area contributed by atoms with Crippen molar-refractivity contribution in [3.05, 3.63) is 0 Å². The van der Waals surface area contributed by atoms with E-state index in [0.717, 1.165) is 6.42 Å². The molecule has 0 saturated heterocycles. The molecule has 0 radical (unpaired) electrons. The number of methoxy groups -OCH3 is 1. The van der Waals surface area contributed by atoms with Gasteiger partial charge >= 0.3 is 0 Å². The standard InChI is InChI=1S/C11H22N2O3/c1-11(2)8(12)6-9(11)13-10(14)7-16-5-4-15-3/h8-9H,4-7,12H2,1-3H3,(H,13,14). The summed E-state index contributed by atoms with van der Waals surface area (Å²) in [6.45, 7) is 5.17. The molecule has 1 saturated carbocycles. The number of amides is 1. The predicted molar refractivity (Wildman–Crippen MR) is 61.0 cm³/mol. The van der Waals surface area contributed by atoms with Crippen LogP contribution in [0.5, 0.6) is 0 Å². The molecule has 16 heavy (non-hydrogen) atoms. The molecule has 1 fully saturated rings. The lowest BCUT2D eigenvalue weighted by atomic mass is 9.63. The second-order valence-corrected chi connectivity index (χ2v) is 4.83. The van der Waals surface area contributed by atoms with E-state index < -0.39 is 0 Å². The van der Waals surface area contributed by atoms with Crippen LogP contribution in [-0.4, -0.2) is 44.9 Å². The lowest BCUT2D eigenvalue weighted by Crippen LogP contribution is -2.64. The molecule has 1 amide bonds. The molecular weight excluding hydrogens is 208 g/mol. The molecule has 2 atom stereocenters. The van der Waals surface area contributed by atoms with E-state index in [1.54, 1.807) is 7.11 Å². The molecule has 0 aromatic carbocycles. The summed E-state index contributed by atoms with van der Waals surface area (Å²) in [4.78, 5) is 11.5. The molecule has 2 unspecified atom stereocenters. The maximum Gasteiger partial charge on any atom is 0.246 e. The second kappa shape index (κ2) is 5.61. The average Bonchev–Trinajstić information content (AvgIpc) is 2.24. The Hall–Kier alpha value is -0.650. The van der Waals surface area contributed by atoms with Crippen LogP contribution in [0.1, 0.15) is 20.3 Å². The van der Waals surface area contributed by atoms with Gasteiger partial charge < -0.3 is 20.5 Å². The zero-order valence-corrected chi connectivity index (χ0v) is 10.3. The van der Waals surface area contributed by atoms with Gasteiger partial charge in [0.05, 0.1) is 13.2 Å². The number of hydrogen-bond donors (Lipinski definition) is 2. The minimum absolute atomic E-state index is 0.0117. The van der Waals surface area contributed by atoms with Crippen molar-refractivity contribution in [1.82, 2.24) is 5.32 Å². The first-order valence-corrected chi connectivity index (χ1v) is 5.60. The van der Waals surface area contributed by atoms with Gasteiger partial charge in [-0.1, -0.05) is 13.8 Å². The van der Waals surface area contributed by atoms with Crippen molar-refractivity contribution in [2.24, 2.45) is 11.1 Å². The van der Waals surface area contributed by atoms with Crippen molar-refractivity contribution in [3.8, 4) is 0 Å². The highest BCUT2D eigenvalue weighted by atomic mass is 16.5. The molecule has 1 rings (SSSR count). The monoisotopic (exact) mass is 230 g/mol. The summed E-state index contributed by atoms with van der Waals surface area (Å²) in [6, 6.07) is 0.341. The van der Waals surface area contributed by atoms with E-state index in [-0.39, 0.29) is 30.0 Å². The van der Waals surface area contributed by atoms with E-state index in [1.165, 1.54) is 0 Å². The summed E-state index contributed by atoms with van der Waals surface area (Å²) in [6.07, 6.45) is 0.844. The third-order valence-electron chi connectivity index (χ3n) is 3.34. The number of carbonyl (C=O) groups is 1. The second-order valence-electron chi connectivity index (χ2n) is 4.83. The van der Waals surface area contributed by atoms with Crippen molar-refractivity contribution < 1.29 is 14.3 Å². The van der Waals surface area contributed by atoms with Gasteiger partial charge in [0.25, 0.3) is 0 Å². The fourth-order valence-corrected chi connectivity index (χ4v) is 1.75. The highest BCUT2D eigenvalue weighted by Gasteiger charge is 2.46. The van der Waals surface area contributed by atoms with Crippen LogP contribution >= 0.6 is 0 Å². The topological polar surface area (TPSA) is 73.6 Å². The van der Waals surface area contributed by atoms with E-state index in [4.69, 9.17) is 15.2 Å². The van der Waals surface area contributed by atoms with Gasteiger partial charge in [-0.2, -0.15) is 0 Å². The minimum Gasteiger partial charge on any atom is -0.382 e. The maximum atomic E-state index is 11.5. The Bertz CT molecular complexity index is 243. The molecule has 0 aromatic heterocycles. The number of rotatable bonds is 6. The molecule has 0 aliphatic heterocycles. The van der Waals surface area contributed by atoms with Gasteiger partial charge in [-0.25, -0.2) is 0 Å². The number of nitrogens with one attached hydrogen (secondary N) is 1. The van der Waals surface area contributed by atoms with Crippen LogP contribution in [0.25, 0.3) is 0 Å². The summed E-state index contributed by atoms with van der Waals surface area (Å²) in [5.41, 5.74) is 5.85. The largest absolute Gasteiger partial charge is 0.382 e. The highest BCUT2D eigenvalue weighted by molar-refractivity contribution is 5.77. The van der Waals surface area contributed by atoms with Crippen LogP contribution in [0, 0.1) is 5.41 Å². The van der Waals surface area contributed by atoms with E-state index >= 15 is 0 Å². The first-order chi connectivity index (χ1) is 7.48. The Balaban J connectivity index is 2.16. The number of hydrogen-bond acceptors (Lipinski definition) is 4. The average molecular weight is 230 g/mol. The summed E-state index contributed by atoms with van der Waals surface area (Å²) in [7, 11) is 1.60. The third kappa shape index (κ3) is 3.17. The van der Waals surface area contributed by atoms with Crippen molar-refractivity contribution in [2.45, 2.75) is 32.4 Å². The van der Waals surface area contributed by atoms with Gasteiger partial charge in [0, 0.05) is 24.6 Å². The maximum absolute atomic E-state index is 11.5. The van der Waals surface area contributed by atoms with Crippen LogP contribution in [0.15, 0.2) is 0 Å². The van der Waals surface area contributed by atoms with Crippen molar-refractivity contribution >= 4 is 5.91 Å². The van der Waals surface area contributed by atoms with E-state index in [1.807, 2.05) is 0 Å². The normalized spacial score (nSPS) is 27.2. The van der Waals surface area contributed by atoms with Crippen LogP contribution < -0.4 is 11.1 Å². The SMILES string of the molecule is COCCOCC(=O)NC1CC(N)C1(C)C. The number of carbonyl (C=O) groups excluding carboxylic acids is 1. The van der Waals surface area contributed by atoms with Crippen LogP contribution in [-0.2, 0) is 14.3 Å². The van der Waals surface area contributed by atoms with Gasteiger partial charge in [0.2, 0.25) is 5.91 Å². The van der Waals surface area contributed by atoms with Crippen LogP contribution in [0.3, 0.4) is 0 Å². The van der Waals surface area contributed by atoms with Gasteiger partial charge in [0.15, 0.2) is 0 Å². The van der Waals surface area contributed by atoms with Gasteiger partial charge in [0.1, 0.15) is 6.61 Å². The number of ether oxygens (including phenoxy) is 2. The van der Waals surface area contributed by atoms with Gasteiger partial charge in [-0.15, -0.1) is 0 Å². The number of nitrogens with two attached hydrogens (primary N) is 1. The summed E-state index contributed by atoms with van der Waals surface area (Å²) in [5, 5.41) is 2.93. The lowest BCUT2D eigenvalue weighted by Gasteiger charge is -2.50. The Morgan fingerprint density at radius 3 is 2.69 bits per heavy atom. The molecule has 5 nitrogen and oxygen atoms in total. The smallest absolute Gasteiger partial charge is 0.246 e.